The molecule has 0 amide bonds. The number of carbonyl (C=O) groups is 4. The molecule has 0 aromatic carbocycles. The molecule has 1 saturated carbocycles. The normalized spacial score (nSPS) is 44.5. The summed E-state index contributed by atoms with van der Waals surface area (Å²) in [6, 6.07) is 0. The van der Waals surface area contributed by atoms with E-state index in [1.54, 1.807) is 19.1 Å². The fourth-order valence-corrected chi connectivity index (χ4v) is 8.31. The number of epoxide rings is 1. The van der Waals surface area contributed by atoms with Crippen LogP contribution in [0.2, 0.25) is 0 Å². The molecule has 4 fully saturated rings. The van der Waals surface area contributed by atoms with Crippen molar-refractivity contribution in [1.29, 1.82) is 0 Å². The van der Waals surface area contributed by atoms with E-state index in [1.807, 2.05) is 0 Å². The summed E-state index contributed by atoms with van der Waals surface area (Å²) in [4.78, 5) is 51.2. The summed E-state index contributed by atoms with van der Waals surface area (Å²) >= 11 is 0. The van der Waals surface area contributed by atoms with Crippen molar-refractivity contribution in [2.75, 3.05) is 19.8 Å². The van der Waals surface area contributed by atoms with Gasteiger partial charge < -0.3 is 33.2 Å². The van der Waals surface area contributed by atoms with Gasteiger partial charge in [0.15, 0.2) is 11.7 Å². The molecular weight excluding hydrogens is 572 g/mol. The molecule has 238 valence electrons. The van der Waals surface area contributed by atoms with Crippen LogP contribution in [0.1, 0.15) is 60.3 Å². The Morgan fingerprint density at radius 3 is 2.50 bits per heavy atom. The van der Waals surface area contributed by atoms with E-state index in [-0.39, 0.29) is 31.8 Å². The van der Waals surface area contributed by atoms with Gasteiger partial charge in [-0.25, -0.2) is 9.59 Å². The van der Waals surface area contributed by atoms with Gasteiger partial charge in [-0.2, -0.15) is 0 Å². The first-order valence-electron chi connectivity index (χ1n) is 15.3. The maximum absolute atomic E-state index is 13.6. The van der Waals surface area contributed by atoms with Crippen molar-refractivity contribution in [2.24, 2.45) is 10.8 Å². The maximum Gasteiger partial charge on any atom is 0.331 e. The van der Waals surface area contributed by atoms with Crippen molar-refractivity contribution in [1.82, 2.24) is 0 Å². The Labute approximate surface area is 256 Å². The number of carbonyl (C=O) groups excluding carboxylic acids is 4. The summed E-state index contributed by atoms with van der Waals surface area (Å²) < 4.78 is 42.5. The molecule has 2 aliphatic carbocycles. The van der Waals surface area contributed by atoms with E-state index in [9.17, 15) is 19.2 Å². The van der Waals surface area contributed by atoms with Gasteiger partial charge in [0, 0.05) is 37.8 Å². The monoisotopic (exact) mass is 612 g/mol. The highest BCUT2D eigenvalue weighted by atomic mass is 16.6. The fraction of sp³-hybridized carbons (Fsp3) is 0.636. The average Bonchev–Trinajstić information content (AvgIpc) is 3.73. The zero-order valence-electron chi connectivity index (χ0n) is 25.8. The van der Waals surface area contributed by atoms with Crippen LogP contribution in [0.4, 0.5) is 0 Å². The van der Waals surface area contributed by atoms with Crippen LogP contribution < -0.4 is 0 Å². The Morgan fingerprint density at radius 1 is 1.02 bits per heavy atom. The summed E-state index contributed by atoms with van der Waals surface area (Å²) in [5.74, 6) is -2.35. The third-order valence-corrected chi connectivity index (χ3v) is 10.7. The minimum absolute atomic E-state index is 0.00586. The lowest BCUT2D eigenvalue weighted by Crippen LogP contribution is -2.66. The van der Waals surface area contributed by atoms with E-state index in [2.05, 4.69) is 19.9 Å². The van der Waals surface area contributed by atoms with E-state index < -0.39 is 64.2 Å². The molecule has 4 bridgehead atoms. The quantitative estimate of drug-likeness (QED) is 0.201. The van der Waals surface area contributed by atoms with Crippen LogP contribution in [0.15, 0.2) is 47.6 Å². The molecule has 0 aromatic heterocycles. The first kappa shape index (κ1) is 30.7. The smallest absolute Gasteiger partial charge is 0.331 e. The SMILES string of the molecule is CC(=O)OC(C)C12/C=C/C=C\C(=O)OC3CC4OC5C=C(C)CCC5(COC(=O)/C=C(\CCO1)C2OC(C)=O)C3(C)C41CO1. The zero-order valence-corrected chi connectivity index (χ0v) is 25.8. The summed E-state index contributed by atoms with van der Waals surface area (Å²) in [6.45, 7) is 8.90. The first-order valence-corrected chi connectivity index (χ1v) is 15.3. The predicted molar refractivity (Wildman–Crippen MR) is 153 cm³/mol. The van der Waals surface area contributed by atoms with E-state index in [4.69, 9.17) is 33.2 Å². The van der Waals surface area contributed by atoms with Crippen molar-refractivity contribution in [3.63, 3.8) is 0 Å². The van der Waals surface area contributed by atoms with Gasteiger partial charge in [-0.1, -0.05) is 30.7 Å². The van der Waals surface area contributed by atoms with Gasteiger partial charge >= 0.3 is 23.9 Å². The molecule has 6 rings (SSSR count). The summed E-state index contributed by atoms with van der Waals surface area (Å²) in [5.41, 5.74) is -1.91. The van der Waals surface area contributed by atoms with Crippen LogP contribution in [0.25, 0.3) is 0 Å². The van der Waals surface area contributed by atoms with Crippen LogP contribution in [0, 0.1) is 10.8 Å². The maximum atomic E-state index is 13.6. The predicted octanol–water partition coefficient (Wildman–Crippen LogP) is 3.21. The fourth-order valence-electron chi connectivity index (χ4n) is 8.31. The van der Waals surface area contributed by atoms with E-state index in [0.29, 0.717) is 25.0 Å². The minimum Gasteiger partial charge on any atom is -0.462 e. The van der Waals surface area contributed by atoms with Gasteiger partial charge in [-0.05, 0) is 44.8 Å². The number of hydrogen-bond acceptors (Lipinski definition) is 11. The van der Waals surface area contributed by atoms with Gasteiger partial charge in [0.25, 0.3) is 0 Å². The Kier molecular flexibility index (Phi) is 7.65. The van der Waals surface area contributed by atoms with Gasteiger partial charge in [-0.3, -0.25) is 9.59 Å². The standard InChI is InChI=1S/C33H40O11/c1-19-9-12-31-17-38-28(37)15-23-10-13-39-32(20(2)41-21(3)34,29(23)42-22(4)35)11-7-6-8-27(36)44-24-16-26(43-25(31)14-19)33(18-40-33)30(24,31)5/h6-8,11,14-15,20,24-26,29H,9-10,12-13,16-18H2,1-5H3/b8-6-,11-7+,23-15+. The molecular formula is C33H40O11. The second-order valence-corrected chi connectivity index (χ2v) is 13.0. The molecule has 0 N–H and O–H groups in total. The Hall–Kier alpha value is -3.28. The first-order chi connectivity index (χ1) is 20.9. The lowest BCUT2D eigenvalue weighted by Gasteiger charge is -2.58. The van der Waals surface area contributed by atoms with Gasteiger partial charge in [0.2, 0.25) is 0 Å². The van der Waals surface area contributed by atoms with Crippen LogP contribution in [-0.4, -0.2) is 85.4 Å². The molecule has 0 aromatic rings. The number of esters is 4. The van der Waals surface area contributed by atoms with Crippen molar-refractivity contribution in [3.8, 4) is 0 Å². The lowest BCUT2D eigenvalue weighted by molar-refractivity contribution is -0.232. The highest BCUT2D eigenvalue weighted by Crippen LogP contribution is 2.72. The summed E-state index contributed by atoms with van der Waals surface area (Å²) in [6.07, 6.45) is 8.33. The molecule has 6 aliphatic rings. The molecule has 44 heavy (non-hydrogen) atoms. The summed E-state index contributed by atoms with van der Waals surface area (Å²) in [5, 5.41) is 0. The Morgan fingerprint density at radius 2 is 1.80 bits per heavy atom. The van der Waals surface area contributed by atoms with Crippen molar-refractivity contribution < 1.29 is 52.3 Å². The van der Waals surface area contributed by atoms with E-state index >= 15 is 0 Å². The number of allylic oxidation sites excluding steroid dienone is 3. The highest BCUT2D eigenvalue weighted by Gasteiger charge is 2.83. The molecule has 9 atom stereocenters. The van der Waals surface area contributed by atoms with Gasteiger partial charge in [0.1, 0.15) is 24.4 Å². The molecule has 4 aliphatic heterocycles. The molecule has 11 nitrogen and oxygen atoms in total. The minimum atomic E-state index is -1.49. The van der Waals surface area contributed by atoms with Crippen LogP contribution in [0.3, 0.4) is 0 Å². The van der Waals surface area contributed by atoms with Crippen molar-refractivity contribution in [3.05, 3.63) is 47.6 Å². The number of rotatable bonds is 3. The largest absolute Gasteiger partial charge is 0.462 e. The topological polar surface area (TPSA) is 136 Å². The second kappa shape index (κ2) is 11.0. The lowest BCUT2D eigenvalue weighted by atomic mass is 9.51. The van der Waals surface area contributed by atoms with Crippen LogP contribution in [-0.2, 0) is 52.3 Å². The number of fused-ring (bicyclic) bond motifs is 2. The Bertz CT molecular complexity index is 1370. The second-order valence-electron chi connectivity index (χ2n) is 13.0. The number of ether oxygens (including phenoxy) is 7. The molecule has 11 heteroatoms. The van der Waals surface area contributed by atoms with Crippen LogP contribution >= 0.6 is 0 Å². The Balaban J connectivity index is 1.45. The third-order valence-electron chi connectivity index (χ3n) is 10.7. The van der Waals surface area contributed by atoms with Gasteiger partial charge in [-0.15, -0.1) is 0 Å². The van der Waals surface area contributed by atoms with E-state index in [0.717, 1.165) is 6.42 Å². The molecule has 2 spiro atoms. The van der Waals surface area contributed by atoms with Crippen molar-refractivity contribution in [2.45, 2.75) is 102 Å². The van der Waals surface area contributed by atoms with E-state index in [1.165, 1.54) is 37.6 Å². The van der Waals surface area contributed by atoms with Crippen molar-refractivity contribution >= 4 is 23.9 Å². The number of hydrogen-bond donors (Lipinski definition) is 0. The molecule has 0 radical (unpaired) electrons. The average molecular weight is 613 g/mol. The molecule has 9 unspecified atom stereocenters. The van der Waals surface area contributed by atoms with Crippen LogP contribution in [0.5, 0.6) is 0 Å². The van der Waals surface area contributed by atoms with Gasteiger partial charge in [0.05, 0.1) is 30.8 Å². The molecule has 3 saturated heterocycles. The number of cyclic esters (lactones) is 1. The highest BCUT2D eigenvalue weighted by molar-refractivity contribution is 5.84. The third kappa shape index (κ3) is 4.66. The summed E-state index contributed by atoms with van der Waals surface area (Å²) in [7, 11) is 0. The zero-order chi connectivity index (χ0) is 31.5. The molecule has 4 heterocycles.